The molecule has 1 amide bonds. The number of nitrogens with one attached hydrogen (secondary N) is 3. The minimum absolute atomic E-state index is 0.0132. The van der Waals surface area contributed by atoms with Gasteiger partial charge in [-0.2, -0.15) is 9.94 Å². The summed E-state index contributed by atoms with van der Waals surface area (Å²) in [6.07, 6.45) is 19.4. The number of ether oxygens (including phenoxy) is 1. The molecule has 16 rings (SSSR count). The quantitative estimate of drug-likeness (QED) is 0.0193. The zero-order valence-corrected chi connectivity index (χ0v) is 70.4. The summed E-state index contributed by atoms with van der Waals surface area (Å²) in [6, 6.07) is 29.4. The van der Waals surface area contributed by atoms with Crippen LogP contribution in [0.25, 0.3) is 55.2 Å². The normalized spacial score (nSPS) is 10.4. The highest BCUT2D eigenvalue weighted by Crippen LogP contribution is 2.18. The molecule has 0 aliphatic rings. The average Bonchev–Trinajstić information content (AvgIpc) is 1.12. The number of carbonyl (C=O) groups is 3. The van der Waals surface area contributed by atoms with Crippen LogP contribution in [-0.2, 0) is 59.9 Å². The van der Waals surface area contributed by atoms with Gasteiger partial charge in [0.25, 0.3) is 33.7 Å². The number of halogens is 3. The van der Waals surface area contributed by atoms with Gasteiger partial charge in [0, 0.05) is 58.8 Å². The summed E-state index contributed by atoms with van der Waals surface area (Å²) in [4.78, 5) is 166. The second-order valence-electron chi connectivity index (χ2n) is 26.3. The first-order valence-electron chi connectivity index (χ1n) is 36.7. The fraction of sp³-hybridized carbons (Fsp3) is 0.198. The molecule has 14 aromatic heterocycles. The number of H-pyrrole nitrogens is 2. The summed E-state index contributed by atoms with van der Waals surface area (Å²) >= 11 is 14.9. The minimum Gasteiger partial charge on any atom is -0.478 e. The van der Waals surface area contributed by atoms with Gasteiger partial charge in [-0.3, -0.25) is 57.3 Å². The Labute approximate surface area is 718 Å². The first-order valence-corrected chi connectivity index (χ1v) is 38.6. The van der Waals surface area contributed by atoms with Crippen LogP contribution in [0.3, 0.4) is 0 Å². The van der Waals surface area contributed by atoms with Crippen molar-refractivity contribution in [1.29, 1.82) is 5.26 Å². The first kappa shape index (κ1) is 92.5. The molecule has 0 aliphatic carbocycles. The van der Waals surface area contributed by atoms with Crippen molar-refractivity contribution in [2.24, 2.45) is 5.84 Å². The highest BCUT2D eigenvalue weighted by molar-refractivity contribution is 9.09. The number of esters is 1. The highest BCUT2D eigenvalue weighted by atomic mass is 79.9. The molecule has 0 saturated heterocycles. The number of carbonyl (C=O) groups excluding carboxylic acids is 2. The van der Waals surface area contributed by atoms with E-state index in [4.69, 9.17) is 59.7 Å². The number of pyridine rings is 7. The van der Waals surface area contributed by atoms with E-state index in [-0.39, 0.29) is 77.1 Å². The van der Waals surface area contributed by atoms with E-state index in [1.165, 1.54) is 73.5 Å². The first-order chi connectivity index (χ1) is 59.4. The van der Waals surface area contributed by atoms with Gasteiger partial charge in [0.2, 0.25) is 11.8 Å². The van der Waals surface area contributed by atoms with Gasteiger partial charge in [-0.25, -0.2) is 85.1 Å². The third-order valence-corrected chi connectivity index (χ3v) is 18.7. The Balaban J connectivity index is 0.000000165. The van der Waals surface area contributed by atoms with Crippen molar-refractivity contribution in [2.75, 3.05) is 23.9 Å². The molecule has 0 fully saturated rings. The Kier molecular flexibility index (Phi) is 32.8. The van der Waals surface area contributed by atoms with Crippen LogP contribution in [-0.4, -0.2) is 138 Å². The van der Waals surface area contributed by atoms with Gasteiger partial charge >= 0.3 is 23.5 Å². The lowest BCUT2D eigenvalue weighted by Gasteiger charge is -2.06. The second kappa shape index (κ2) is 44.0. The Morgan fingerprint density at radius 2 is 0.919 bits per heavy atom. The molecule has 16 aromatic rings. The molecule has 0 radical (unpaired) electrons. The number of anilines is 2. The smallest absolute Gasteiger partial charge is 0.437 e. The minimum atomic E-state index is -1.03. The van der Waals surface area contributed by atoms with Crippen molar-refractivity contribution in [3.8, 4) is 6.07 Å². The number of nitrogens with two attached hydrogens (primary N) is 3. The number of nitriles is 1. The molecule has 14 heterocycles. The number of amides is 1. The number of aryl methyl sites for hydroxylation is 10. The van der Waals surface area contributed by atoms with E-state index in [0.717, 1.165) is 55.7 Å². The third kappa shape index (κ3) is 24.6. The van der Waals surface area contributed by atoms with Crippen molar-refractivity contribution in [3.05, 3.63) is 322 Å². The molecule has 10 N–H and O–H groups in total. The maximum atomic E-state index is 12.7. The van der Waals surface area contributed by atoms with Crippen LogP contribution in [0.1, 0.15) is 77.8 Å². The Hall–Kier alpha value is -15.4. The lowest BCUT2D eigenvalue weighted by molar-refractivity contribution is -0.141. The van der Waals surface area contributed by atoms with Crippen LogP contribution in [0.5, 0.6) is 0 Å². The number of aromatic nitrogens is 21. The molecular weight excluding hydrogens is 1710 g/mol. The standard InChI is InChI=1S/C19H16ClN5O3.C11H9N5O3.C11H11N3O3.C10H11N5O2.C8H8BrCl.C8H7N3O.C7H7N3.C7H8N2O2/c1-12-6-8-21-17-16(12)18(26)24(11-22-17)10-15-23-25(19(27)28-15)9-7-13-2-4-14(20)5-3-13;1-6-2-3-12-9-8(6)10(17)16(5-13-9)4-7-14-15-11(18)19-7;1-7-3-4-12-10-9(7)11(16)14(6-13-10)5-8(15)17-2;1-6-2-3-12-9-8(6)10(17)15(5-13-9)4-7(16)14-11;9-6-5-7-1-3-8(10)4-2-7;1-5-2-3-9-7-6(5)8(12)11-4-10-7;1-5-2-3-10-7(9)6(5)4-8;1-4-2-3-9-6(8)5(4)7(10)11/h2-6,8,11H,7,9-10H2,1H3;2-3,5H,4H2,1H3,(H,15,18);3-4,6H,5H2,1-2H3;2-3,5H,4,11H2,1H3,(H,14,16);1-4H,5-6H2;2-4H,1H3,(H,9,10,11,12);2-3H,1H3,(H2,9,10);2-3H,1H3,(H2,8,9)(H,10,11). The van der Waals surface area contributed by atoms with E-state index in [9.17, 15) is 47.9 Å². The van der Waals surface area contributed by atoms with Crippen LogP contribution in [0, 0.1) is 59.8 Å². The maximum Gasteiger partial charge on any atom is 0.437 e. The Morgan fingerprint density at radius 1 is 0.516 bits per heavy atom. The van der Waals surface area contributed by atoms with Gasteiger partial charge in [0.1, 0.15) is 74.8 Å². The Bertz CT molecular complexity index is 6870. The molecule has 0 spiro atoms. The number of aromatic amines is 2. The number of benzene rings is 2. The zero-order valence-electron chi connectivity index (χ0n) is 67.3. The number of methoxy groups -OCH3 is 1. The molecule has 0 aliphatic heterocycles. The second-order valence-corrected chi connectivity index (χ2v) is 28.0. The monoisotopic (exact) mass is 1790 g/mol. The van der Waals surface area contributed by atoms with Crippen LogP contribution in [0.4, 0.5) is 11.6 Å². The van der Waals surface area contributed by atoms with Crippen LogP contribution < -0.4 is 62.0 Å². The molecular formula is C81H77BrCl2N26O14. The largest absolute Gasteiger partial charge is 0.478 e. The van der Waals surface area contributed by atoms with Crippen LogP contribution in [0.15, 0.2) is 208 Å². The number of carboxylic acid groups (broad SMARTS) is 1. The number of alkyl halides is 1. The number of aromatic carboxylic acids is 1. The highest BCUT2D eigenvalue weighted by Gasteiger charge is 2.18. The van der Waals surface area contributed by atoms with Crippen molar-refractivity contribution in [3.63, 3.8) is 0 Å². The number of nitrogen functional groups attached to an aromatic ring is 2. The van der Waals surface area contributed by atoms with Crippen molar-refractivity contribution < 1.29 is 33.1 Å². The van der Waals surface area contributed by atoms with Crippen molar-refractivity contribution in [1.82, 2.24) is 108 Å². The zero-order chi connectivity index (χ0) is 89.8. The van der Waals surface area contributed by atoms with E-state index in [1.807, 2.05) is 75.6 Å². The number of carboxylic acids is 1. The lowest BCUT2D eigenvalue weighted by Crippen LogP contribution is -2.36. The van der Waals surface area contributed by atoms with E-state index in [0.29, 0.717) is 90.1 Å². The van der Waals surface area contributed by atoms with Crippen LogP contribution in [0.2, 0.25) is 10.0 Å². The van der Waals surface area contributed by atoms with Crippen molar-refractivity contribution in [2.45, 2.75) is 94.0 Å². The summed E-state index contributed by atoms with van der Waals surface area (Å²) in [5.41, 5.74) is 21.9. The SMILES string of the molecule is COC(=O)Cn1cnc2nccc(C)c2c1=O.Cc1ccnc(N)c1C#N.Cc1ccnc(N)c1C(=O)O.Cc1ccnc2nc[nH]c(=O)c12.Cc1ccnc2ncn(CC(=O)NN)c(=O)c12.Cc1ccnc2ncn(Cc3n[nH]c(=O)o3)c(=O)c12.Cc1ccnc2ncn(Cc3nn(CCc4ccc(Cl)cc4)c(=O)o3)c(=O)c12.Clc1ccc(CCBr)cc1. The predicted octanol–water partition coefficient (Wildman–Crippen LogP) is 6.80. The summed E-state index contributed by atoms with van der Waals surface area (Å²) in [6.45, 7) is 12.7. The Morgan fingerprint density at radius 3 is 1.31 bits per heavy atom. The van der Waals surface area contributed by atoms with Crippen LogP contribution >= 0.6 is 39.1 Å². The molecule has 43 heteroatoms. The molecule has 0 saturated carbocycles. The molecule has 0 unspecified atom stereocenters. The topological polar surface area (TPSA) is 577 Å². The summed E-state index contributed by atoms with van der Waals surface area (Å²) in [5.74, 6) is 2.39. The molecule has 0 bridgehead atoms. The summed E-state index contributed by atoms with van der Waals surface area (Å²) in [5, 5.41) is 31.9. The summed E-state index contributed by atoms with van der Waals surface area (Å²) in [7, 11) is 1.27. The van der Waals surface area contributed by atoms with Gasteiger partial charge in [-0.15, -0.1) is 10.2 Å². The lowest BCUT2D eigenvalue weighted by atomic mass is 10.1. The fourth-order valence-electron chi connectivity index (χ4n) is 11.3. The number of fused-ring (bicyclic) bond motifs is 5. The number of hydrogen-bond acceptors (Lipinski definition) is 31. The average molecular weight is 1790 g/mol. The molecule has 636 valence electrons. The van der Waals surface area contributed by atoms with Gasteiger partial charge in [0.15, 0.2) is 28.2 Å². The van der Waals surface area contributed by atoms with E-state index >= 15 is 0 Å². The van der Waals surface area contributed by atoms with E-state index in [2.05, 4.69) is 101 Å². The number of hydrogen-bond donors (Lipinski definition) is 7. The molecule has 40 nitrogen and oxygen atoms in total. The number of rotatable bonds is 14. The molecule has 2 aromatic carbocycles. The number of nitrogens with zero attached hydrogens (tertiary/aromatic N) is 20. The van der Waals surface area contributed by atoms with Gasteiger partial charge in [-0.05, 0) is 178 Å². The molecule has 0 atom stereocenters. The molecule has 124 heavy (non-hydrogen) atoms. The fourth-order valence-corrected chi connectivity index (χ4v) is 12.0. The van der Waals surface area contributed by atoms with E-state index in [1.54, 1.807) is 113 Å². The maximum absolute atomic E-state index is 12.7. The van der Waals surface area contributed by atoms with E-state index < -0.39 is 29.4 Å². The third-order valence-electron chi connectivity index (χ3n) is 17.8. The number of hydrazine groups is 1. The summed E-state index contributed by atoms with van der Waals surface area (Å²) < 4.78 is 20.8. The van der Waals surface area contributed by atoms with Gasteiger partial charge in [0.05, 0.1) is 52.5 Å². The van der Waals surface area contributed by atoms with Crippen molar-refractivity contribution >= 4 is 124 Å². The van der Waals surface area contributed by atoms with Gasteiger partial charge in [-0.1, -0.05) is 63.4 Å². The van der Waals surface area contributed by atoms with Gasteiger partial charge < -0.3 is 35.1 Å². The predicted molar refractivity (Wildman–Crippen MR) is 462 cm³/mol.